The van der Waals surface area contributed by atoms with Crippen molar-refractivity contribution in [2.45, 2.75) is 69.5 Å². The second-order valence-corrected chi connectivity index (χ2v) is 5.34. The summed E-state index contributed by atoms with van der Waals surface area (Å²) in [7, 11) is 1.79. The van der Waals surface area contributed by atoms with Crippen LogP contribution in [0.3, 0.4) is 0 Å². The smallest absolute Gasteiger partial charge is 0.0777 e. The van der Waals surface area contributed by atoms with Crippen LogP contribution in [-0.4, -0.2) is 23.9 Å². The van der Waals surface area contributed by atoms with E-state index in [0.717, 1.165) is 32.1 Å². The molecule has 0 aliphatic heterocycles. The zero-order valence-corrected chi connectivity index (χ0v) is 10.4. The summed E-state index contributed by atoms with van der Waals surface area (Å²) in [5.41, 5.74) is 1.26. The van der Waals surface area contributed by atoms with Crippen molar-refractivity contribution in [3.8, 4) is 0 Å². The maximum atomic E-state index is 10.3. The molecule has 0 saturated heterocycles. The highest BCUT2D eigenvalue weighted by atomic mass is 16.5. The molecule has 0 radical (unpaired) electrons. The van der Waals surface area contributed by atoms with E-state index < -0.39 is 0 Å². The highest BCUT2D eigenvalue weighted by molar-refractivity contribution is 5.11. The van der Waals surface area contributed by atoms with Crippen LogP contribution in [0.5, 0.6) is 0 Å². The minimum absolute atomic E-state index is 0.00738. The van der Waals surface area contributed by atoms with Crippen molar-refractivity contribution >= 4 is 0 Å². The molecule has 0 amide bonds. The van der Waals surface area contributed by atoms with Gasteiger partial charge in [0.1, 0.15) is 0 Å². The normalized spacial score (nSPS) is 26.5. The second-order valence-electron chi connectivity index (χ2n) is 5.34. The third-order valence-corrected chi connectivity index (χ3v) is 4.27. The van der Waals surface area contributed by atoms with Gasteiger partial charge < -0.3 is 9.84 Å². The summed E-state index contributed by atoms with van der Waals surface area (Å²) in [5, 5.41) is 10.3. The largest absolute Gasteiger partial charge is 0.389 e. The van der Waals surface area contributed by atoms with Gasteiger partial charge in [-0.2, -0.15) is 0 Å². The van der Waals surface area contributed by atoms with E-state index >= 15 is 0 Å². The number of methoxy groups -OCH3 is 1. The van der Waals surface area contributed by atoms with Crippen molar-refractivity contribution in [3.63, 3.8) is 0 Å². The highest BCUT2D eigenvalue weighted by Gasteiger charge is 2.39. The highest BCUT2D eigenvalue weighted by Crippen LogP contribution is 2.40. The molecule has 2 heteroatoms. The number of ether oxygens (including phenoxy) is 1. The number of aliphatic hydroxyl groups excluding tert-OH is 1. The Kier molecular flexibility index (Phi) is 4.04. The van der Waals surface area contributed by atoms with E-state index in [1.165, 1.54) is 31.3 Å². The first-order chi connectivity index (χ1) is 7.76. The Morgan fingerprint density at radius 1 is 1.31 bits per heavy atom. The third kappa shape index (κ3) is 2.67. The van der Waals surface area contributed by atoms with Crippen LogP contribution in [0, 0.1) is 0 Å². The Bertz CT molecular complexity index is 248. The molecule has 2 aliphatic carbocycles. The lowest BCUT2D eigenvalue weighted by Crippen LogP contribution is -2.42. The van der Waals surface area contributed by atoms with Crippen LogP contribution in [-0.2, 0) is 4.74 Å². The number of hydrogen-bond acceptors (Lipinski definition) is 2. The Labute approximate surface area is 98.7 Å². The van der Waals surface area contributed by atoms with Crippen molar-refractivity contribution in [3.05, 3.63) is 11.6 Å². The van der Waals surface area contributed by atoms with Gasteiger partial charge >= 0.3 is 0 Å². The van der Waals surface area contributed by atoms with Gasteiger partial charge in [0.05, 0.1) is 11.7 Å². The number of hydrogen-bond donors (Lipinski definition) is 1. The molecule has 16 heavy (non-hydrogen) atoms. The molecule has 1 fully saturated rings. The molecule has 0 spiro atoms. The first-order valence-corrected chi connectivity index (χ1v) is 6.68. The third-order valence-electron chi connectivity index (χ3n) is 4.27. The fraction of sp³-hybridized carbons (Fsp3) is 0.857. The van der Waals surface area contributed by atoms with Crippen LogP contribution in [0.15, 0.2) is 11.6 Å². The Balaban J connectivity index is 1.90. The predicted molar refractivity (Wildman–Crippen MR) is 65.4 cm³/mol. The van der Waals surface area contributed by atoms with Gasteiger partial charge in [0.15, 0.2) is 0 Å². The van der Waals surface area contributed by atoms with Gasteiger partial charge in [0.25, 0.3) is 0 Å². The summed E-state index contributed by atoms with van der Waals surface area (Å²) in [5.74, 6) is 0. The standard InChI is InChI=1S/C14H24O2/c1-16-14(9-6-10-14)11-13(15)12-7-4-2-3-5-8-12/h7,13,15H,2-6,8-11H2,1H3. The molecule has 1 N–H and O–H groups in total. The van der Waals surface area contributed by atoms with Crippen LogP contribution in [0.1, 0.15) is 57.8 Å². The molecular weight excluding hydrogens is 200 g/mol. The van der Waals surface area contributed by atoms with Crippen molar-refractivity contribution in [1.82, 2.24) is 0 Å². The maximum absolute atomic E-state index is 10.3. The molecule has 0 heterocycles. The van der Waals surface area contributed by atoms with Crippen molar-refractivity contribution in [2.24, 2.45) is 0 Å². The zero-order valence-electron chi connectivity index (χ0n) is 10.4. The molecule has 2 aliphatic rings. The summed E-state index contributed by atoms with van der Waals surface area (Å²) in [6.45, 7) is 0. The maximum Gasteiger partial charge on any atom is 0.0777 e. The van der Waals surface area contributed by atoms with E-state index in [4.69, 9.17) is 4.74 Å². The van der Waals surface area contributed by atoms with Crippen LogP contribution in [0.25, 0.3) is 0 Å². The molecule has 1 saturated carbocycles. The Morgan fingerprint density at radius 3 is 2.75 bits per heavy atom. The molecule has 0 aromatic rings. The van der Waals surface area contributed by atoms with Gasteiger partial charge in [-0.1, -0.05) is 12.5 Å². The molecule has 1 unspecified atom stereocenters. The van der Waals surface area contributed by atoms with Crippen molar-refractivity contribution in [2.75, 3.05) is 7.11 Å². The van der Waals surface area contributed by atoms with E-state index in [1.807, 2.05) is 0 Å². The molecule has 0 aromatic heterocycles. The van der Waals surface area contributed by atoms with E-state index in [-0.39, 0.29) is 11.7 Å². The summed E-state index contributed by atoms with van der Waals surface area (Å²) in [4.78, 5) is 0. The fourth-order valence-corrected chi connectivity index (χ4v) is 2.89. The molecule has 1 atom stereocenters. The average Bonchev–Trinajstić information content (AvgIpc) is 2.51. The molecule has 92 valence electrons. The molecule has 2 rings (SSSR count). The van der Waals surface area contributed by atoms with Gasteiger partial charge in [-0.15, -0.1) is 0 Å². The lowest BCUT2D eigenvalue weighted by molar-refractivity contribution is -0.0948. The lowest BCUT2D eigenvalue weighted by Gasteiger charge is -2.42. The van der Waals surface area contributed by atoms with Gasteiger partial charge in [-0.25, -0.2) is 0 Å². The number of allylic oxidation sites excluding steroid dienone is 1. The average molecular weight is 224 g/mol. The van der Waals surface area contributed by atoms with Crippen molar-refractivity contribution < 1.29 is 9.84 Å². The van der Waals surface area contributed by atoms with Gasteiger partial charge in [0, 0.05) is 13.5 Å². The summed E-state index contributed by atoms with van der Waals surface area (Å²) >= 11 is 0. The number of aliphatic hydroxyl groups is 1. The first kappa shape index (κ1) is 12.1. The summed E-state index contributed by atoms with van der Waals surface area (Å²) < 4.78 is 5.58. The lowest BCUT2D eigenvalue weighted by atomic mass is 9.75. The minimum Gasteiger partial charge on any atom is -0.389 e. The molecule has 0 bridgehead atoms. The Morgan fingerprint density at radius 2 is 2.12 bits per heavy atom. The van der Waals surface area contributed by atoms with Crippen molar-refractivity contribution in [1.29, 1.82) is 0 Å². The minimum atomic E-state index is -0.265. The topological polar surface area (TPSA) is 29.5 Å². The first-order valence-electron chi connectivity index (χ1n) is 6.68. The van der Waals surface area contributed by atoms with Crippen LogP contribution in [0.4, 0.5) is 0 Å². The van der Waals surface area contributed by atoms with Crippen LogP contribution >= 0.6 is 0 Å². The van der Waals surface area contributed by atoms with Gasteiger partial charge in [-0.05, 0) is 50.5 Å². The summed E-state index contributed by atoms with van der Waals surface area (Å²) in [6.07, 6.45) is 12.3. The van der Waals surface area contributed by atoms with E-state index in [2.05, 4.69) is 6.08 Å². The SMILES string of the molecule is COC1(CC(O)C2=CCCCCC2)CCC1. The second kappa shape index (κ2) is 5.33. The Hall–Kier alpha value is -0.340. The van der Waals surface area contributed by atoms with Gasteiger partial charge in [0.2, 0.25) is 0 Å². The fourth-order valence-electron chi connectivity index (χ4n) is 2.89. The predicted octanol–water partition coefficient (Wildman–Crippen LogP) is 3.20. The summed E-state index contributed by atoms with van der Waals surface area (Å²) in [6, 6.07) is 0. The quantitative estimate of drug-likeness (QED) is 0.743. The van der Waals surface area contributed by atoms with E-state index in [9.17, 15) is 5.11 Å². The van der Waals surface area contributed by atoms with Gasteiger partial charge in [-0.3, -0.25) is 0 Å². The van der Waals surface area contributed by atoms with E-state index in [0.29, 0.717) is 0 Å². The zero-order chi connectivity index (χ0) is 11.4. The van der Waals surface area contributed by atoms with Crippen LogP contribution < -0.4 is 0 Å². The molecule has 2 nitrogen and oxygen atoms in total. The molecule has 0 aromatic carbocycles. The molecular formula is C14H24O2. The van der Waals surface area contributed by atoms with Crippen LogP contribution in [0.2, 0.25) is 0 Å². The monoisotopic (exact) mass is 224 g/mol. The van der Waals surface area contributed by atoms with E-state index in [1.54, 1.807) is 7.11 Å². The number of rotatable bonds is 4.